The number of urea groups is 1. The van der Waals surface area contributed by atoms with Gasteiger partial charge in [0, 0.05) is 11.8 Å². The number of benzene rings is 2. The van der Waals surface area contributed by atoms with Crippen LogP contribution in [-0.2, 0) is 9.53 Å². The molecule has 0 saturated heterocycles. The Hall–Kier alpha value is -3.35. The maximum Gasteiger partial charge on any atom is 0.330 e. The predicted octanol–water partition coefficient (Wildman–Crippen LogP) is 4.29. The number of nitrogens with one attached hydrogen (secondary N) is 2. The Bertz CT molecular complexity index is 850. The van der Waals surface area contributed by atoms with Gasteiger partial charge in [0.15, 0.2) is 11.6 Å². The van der Waals surface area contributed by atoms with E-state index in [1.54, 1.807) is 50.3 Å². The van der Waals surface area contributed by atoms with Crippen LogP contribution in [-0.4, -0.2) is 25.7 Å². The Morgan fingerprint density at radius 1 is 1.18 bits per heavy atom. The van der Waals surface area contributed by atoms with Gasteiger partial charge in [-0.2, -0.15) is 0 Å². The Morgan fingerprint density at radius 3 is 2.50 bits per heavy atom. The molecule has 0 aromatic heterocycles. The summed E-state index contributed by atoms with van der Waals surface area (Å²) in [6.07, 6.45) is 2.97. The highest BCUT2D eigenvalue weighted by molar-refractivity contribution is 5.90. The first-order chi connectivity index (χ1) is 13.4. The third kappa shape index (κ3) is 6.12. The summed E-state index contributed by atoms with van der Waals surface area (Å²) in [4.78, 5) is 23.5. The number of hydrogen-bond acceptors (Lipinski definition) is 4. The lowest BCUT2D eigenvalue weighted by molar-refractivity contribution is -0.137. The summed E-state index contributed by atoms with van der Waals surface area (Å²) < 4.78 is 23.5. The number of esters is 1. The minimum atomic E-state index is -0.486. The van der Waals surface area contributed by atoms with Gasteiger partial charge in [0.05, 0.1) is 19.8 Å². The summed E-state index contributed by atoms with van der Waals surface area (Å²) in [6.45, 7) is 3.82. The average Bonchev–Trinajstić information content (AvgIpc) is 2.67. The van der Waals surface area contributed by atoms with Crippen molar-refractivity contribution in [1.82, 2.24) is 5.32 Å². The summed E-state index contributed by atoms with van der Waals surface area (Å²) in [5, 5.41) is 5.45. The maximum absolute atomic E-state index is 13.8. The number of ether oxygens (including phenoxy) is 2. The monoisotopic (exact) mass is 386 g/mol. The molecular weight excluding hydrogens is 363 g/mol. The first-order valence-electron chi connectivity index (χ1n) is 8.78. The van der Waals surface area contributed by atoms with E-state index in [9.17, 15) is 14.0 Å². The van der Waals surface area contributed by atoms with Crippen LogP contribution in [0.3, 0.4) is 0 Å². The average molecular weight is 386 g/mol. The van der Waals surface area contributed by atoms with Crippen LogP contribution in [0, 0.1) is 5.82 Å². The fourth-order valence-electron chi connectivity index (χ4n) is 2.43. The SMILES string of the molecule is CCOC(=O)/C=C/c1ccc(NC(=O)NC(C)c2ccc(OC)c(F)c2)cc1. The molecule has 2 aromatic rings. The first kappa shape index (κ1) is 21.0. The Labute approximate surface area is 163 Å². The summed E-state index contributed by atoms with van der Waals surface area (Å²) in [6, 6.07) is 10.7. The molecule has 148 valence electrons. The van der Waals surface area contributed by atoms with Crippen molar-refractivity contribution in [3.05, 3.63) is 65.5 Å². The number of hydrogen-bond donors (Lipinski definition) is 2. The van der Waals surface area contributed by atoms with Crippen molar-refractivity contribution in [2.75, 3.05) is 19.0 Å². The summed E-state index contributed by atoms with van der Waals surface area (Å²) in [5.41, 5.74) is 1.99. The fraction of sp³-hybridized carbons (Fsp3) is 0.238. The topological polar surface area (TPSA) is 76.7 Å². The van der Waals surface area contributed by atoms with Gasteiger partial charge in [-0.1, -0.05) is 18.2 Å². The molecule has 6 nitrogen and oxygen atoms in total. The van der Waals surface area contributed by atoms with E-state index in [4.69, 9.17) is 9.47 Å². The van der Waals surface area contributed by atoms with Crippen LogP contribution in [0.25, 0.3) is 6.08 Å². The van der Waals surface area contributed by atoms with Crippen LogP contribution in [0.15, 0.2) is 48.5 Å². The minimum Gasteiger partial charge on any atom is -0.494 e. The van der Waals surface area contributed by atoms with E-state index in [0.717, 1.165) is 5.56 Å². The van der Waals surface area contributed by atoms with Gasteiger partial charge in [-0.25, -0.2) is 14.0 Å². The second-order valence-electron chi connectivity index (χ2n) is 5.92. The lowest BCUT2D eigenvalue weighted by Gasteiger charge is -2.16. The van der Waals surface area contributed by atoms with E-state index < -0.39 is 23.9 Å². The molecule has 0 spiro atoms. The van der Waals surface area contributed by atoms with Crippen molar-refractivity contribution in [1.29, 1.82) is 0 Å². The van der Waals surface area contributed by atoms with Crippen LogP contribution in [0.5, 0.6) is 5.75 Å². The standard InChI is InChI=1S/C21H23FN2O4/c1-4-28-20(25)12-7-15-5-9-17(10-6-15)24-21(26)23-14(2)16-8-11-19(27-3)18(22)13-16/h5-14H,4H2,1-3H3,(H2,23,24,26)/b12-7+. The van der Waals surface area contributed by atoms with Crippen LogP contribution < -0.4 is 15.4 Å². The Morgan fingerprint density at radius 2 is 1.89 bits per heavy atom. The second-order valence-corrected chi connectivity index (χ2v) is 5.92. The van der Waals surface area contributed by atoms with Crippen LogP contribution >= 0.6 is 0 Å². The second kappa shape index (κ2) is 10.1. The third-order valence-corrected chi connectivity index (χ3v) is 3.89. The maximum atomic E-state index is 13.8. The predicted molar refractivity (Wildman–Crippen MR) is 106 cm³/mol. The van der Waals surface area contributed by atoms with Gasteiger partial charge < -0.3 is 20.1 Å². The zero-order valence-electron chi connectivity index (χ0n) is 16.0. The molecule has 0 aliphatic heterocycles. The normalized spacial score (nSPS) is 11.7. The van der Waals surface area contributed by atoms with Gasteiger partial charge in [-0.15, -0.1) is 0 Å². The zero-order chi connectivity index (χ0) is 20.5. The zero-order valence-corrected chi connectivity index (χ0v) is 16.0. The quantitative estimate of drug-likeness (QED) is 0.550. The molecule has 2 N–H and O–H groups in total. The lowest BCUT2D eigenvalue weighted by Crippen LogP contribution is -2.31. The molecule has 1 atom stereocenters. The first-order valence-corrected chi connectivity index (χ1v) is 8.78. The van der Waals surface area contributed by atoms with Crippen molar-refractivity contribution in [2.24, 2.45) is 0 Å². The van der Waals surface area contributed by atoms with E-state index in [-0.39, 0.29) is 5.75 Å². The van der Waals surface area contributed by atoms with Crippen LogP contribution in [0.4, 0.5) is 14.9 Å². The van der Waals surface area contributed by atoms with E-state index in [2.05, 4.69) is 10.6 Å². The number of carbonyl (C=O) groups excluding carboxylic acids is 2. The fourth-order valence-corrected chi connectivity index (χ4v) is 2.43. The van der Waals surface area contributed by atoms with E-state index in [1.165, 1.54) is 25.3 Å². The molecule has 0 aliphatic carbocycles. The summed E-state index contributed by atoms with van der Waals surface area (Å²) in [7, 11) is 1.39. The van der Waals surface area contributed by atoms with Crippen LogP contribution in [0.2, 0.25) is 0 Å². The van der Waals surface area contributed by atoms with Gasteiger partial charge in [0.1, 0.15) is 0 Å². The molecule has 0 fully saturated rings. The highest BCUT2D eigenvalue weighted by Crippen LogP contribution is 2.21. The molecular formula is C21H23FN2O4. The molecule has 28 heavy (non-hydrogen) atoms. The van der Waals surface area contributed by atoms with Gasteiger partial charge >= 0.3 is 12.0 Å². The third-order valence-electron chi connectivity index (χ3n) is 3.89. The molecule has 7 heteroatoms. The van der Waals surface area contributed by atoms with Crippen molar-refractivity contribution < 1.29 is 23.5 Å². The highest BCUT2D eigenvalue weighted by Gasteiger charge is 2.12. The van der Waals surface area contributed by atoms with Gasteiger partial charge in [-0.05, 0) is 55.3 Å². The molecule has 2 amide bonds. The smallest absolute Gasteiger partial charge is 0.330 e. The number of carbonyl (C=O) groups is 2. The number of amides is 2. The highest BCUT2D eigenvalue weighted by atomic mass is 19.1. The van der Waals surface area contributed by atoms with Gasteiger partial charge in [-0.3, -0.25) is 0 Å². The largest absolute Gasteiger partial charge is 0.494 e. The van der Waals surface area contributed by atoms with Crippen LogP contribution in [0.1, 0.15) is 31.0 Å². The molecule has 0 saturated carbocycles. The molecule has 0 bridgehead atoms. The summed E-state index contributed by atoms with van der Waals surface area (Å²) >= 11 is 0. The molecule has 0 heterocycles. The molecule has 2 rings (SSSR count). The minimum absolute atomic E-state index is 0.150. The Balaban J connectivity index is 1.92. The molecule has 0 aliphatic rings. The number of halogens is 1. The van der Waals surface area contributed by atoms with Crippen molar-refractivity contribution >= 4 is 23.8 Å². The number of anilines is 1. The van der Waals surface area contributed by atoms with Gasteiger partial charge in [0.2, 0.25) is 0 Å². The van der Waals surface area contributed by atoms with E-state index >= 15 is 0 Å². The van der Waals surface area contributed by atoms with Crippen molar-refractivity contribution in [2.45, 2.75) is 19.9 Å². The van der Waals surface area contributed by atoms with E-state index in [0.29, 0.717) is 17.9 Å². The van der Waals surface area contributed by atoms with Crippen molar-refractivity contribution in [3.63, 3.8) is 0 Å². The van der Waals surface area contributed by atoms with Gasteiger partial charge in [0.25, 0.3) is 0 Å². The number of methoxy groups -OCH3 is 1. The molecule has 2 aromatic carbocycles. The molecule has 1 unspecified atom stereocenters. The number of rotatable bonds is 7. The van der Waals surface area contributed by atoms with Crippen molar-refractivity contribution in [3.8, 4) is 5.75 Å². The lowest BCUT2D eigenvalue weighted by atomic mass is 10.1. The molecule has 0 radical (unpaired) electrons. The Kier molecular flexibility index (Phi) is 7.56. The summed E-state index contributed by atoms with van der Waals surface area (Å²) in [5.74, 6) is -0.744. The van der Waals surface area contributed by atoms with E-state index in [1.807, 2.05) is 0 Å².